The van der Waals surface area contributed by atoms with Crippen LogP contribution in [0.1, 0.15) is 59.8 Å². The van der Waals surface area contributed by atoms with E-state index in [2.05, 4.69) is 27.8 Å². The molecule has 32 heavy (non-hydrogen) atoms. The number of aromatic nitrogens is 2. The van der Waals surface area contributed by atoms with Gasteiger partial charge in [0.05, 0.1) is 41.5 Å². The Kier molecular flexibility index (Phi) is 6.18. The third kappa shape index (κ3) is 4.04. The van der Waals surface area contributed by atoms with Crippen LogP contribution in [0.3, 0.4) is 0 Å². The van der Waals surface area contributed by atoms with Crippen molar-refractivity contribution in [1.29, 1.82) is 0 Å². The molecule has 8 heteroatoms. The molecule has 5 rings (SSSR count). The van der Waals surface area contributed by atoms with Gasteiger partial charge in [-0.05, 0) is 38.6 Å². The van der Waals surface area contributed by atoms with E-state index in [1.807, 2.05) is 19.0 Å². The van der Waals surface area contributed by atoms with Crippen LogP contribution in [0.4, 0.5) is 0 Å². The van der Waals surface area contributed by atoms with Crippen LogP contribution in [0, 0.1) is 0 Å². The summed E-state index contributed by atoms with van der Waals surface area (Å²) in [5.74, 6) is 0.301. The highest BCUT2D eigenvalue weighted by Gasteiger charge is 2.35. The minimum atomic E-state index is -1.19. The quantitative estimate of drug-likeness (QED) is 0.707. The molecule has 0 radical (unpaired) electrons. The third-order valence-corrected chi connectivity index (χ3v) is 8.13. The first kappa shape index (κ1) is 21.8. The second-order valence-corrected chi connectivity index (χ2v) is 10.8. The van der Waals surface area contributed by atoms with Crippen molar-refractivity contribution in [3.63, 3.8) is 0 Å². The van der Waals surface area contributed by atoms with Crippen LogP contribution in [0.15, 0.2) is 23.1 Å². The van der Waals surface area contributed by atoms with Crippen molar-refractivity contribution in [2.45, 2.75) is 55.3 Å². The zero-order chi connectivity index (χ0) is 22.2. The first-order valence-electron chi connectivity index (χ1n) is 11.7. The molecule has 2 aromatic rings. The summed E-state index contributed by atoms with van der Waals surface area (Å²) in [7, 11) is 2.88. The van der Waals surface area contributed by atoms with Gasteiger partial charge < -0.3 is 14.5 Å². The van der Waals surface area contributed by atoms with E-state index in [1.165, 1.54) is 19.3 Å². The molecule has 0 spiro atoms. The fourth-order valence-corrected chi connectivity index (χ4v) is 6.58. The predicted octanol–water partition coefficient (Wildman–Crippen LogP) is 3.21. The highest BCUT2D eigenvalue weighted by molar-refractivity contribution is 7.84. The van der Waals surface area contributed by atoms with Gasteiger partial charge in [-0.3, -0.25) is 13.7 Å². The number of nitrogens with zero attached hydrogens (tertiary/aromatic N) is 4. The minimum absolute atomic E-state index is 0.0520. The Morgan fingerprint density at radius 3 is 2.66 bits per heavy atom. The van der Waals surface area contributed by atoms with E-state index in [1.54, 1.807) is 0 Å². The first-order valence-corrected chi connectivity index (χ1v) is 13.0. The smallest absolute Gasteiger partial charge is 0.274 e. The number of amides is 1. The molecule has 1 atom stereocenters. The van der Waals surface area contributed by atoms with Crippen molar-refractivity contribution in [3.05, 3.63) is 35.0 Å². The Balaban J connectivity index is 1.62. The molecule has 2 fully saturated rings. The molecule has 172 valence electrons. The Morgan fingerprint density at radius 1 is 1.19 bits per heavy atom. The maximum absolute atomic E-state index is 13.5. The Hall–Kier alpha value is -2.03. The second kappa shape index (κ2) is 9.08. The lowest BCUT2D eigenvalue weighted by molar-refractivity contribution is 0.0297. The van der Waals surface area contributed by atoms with Crippen molar-refractivity contribution >= 4 is 16.7 Å². The van der Waals surface area contributed by atoms with Crippen molar-refractivity contribution in [1.82, 2.24) is 19.6 Å². The van der Waals surface area contributed by atoms with E-state index in [0.29, 0.717) is 43.8 Å². The first-order chi connectivity index (χ1) is 15.5. The maximum atomic E-state index is 13.5. The van der Waals surface area contributed by atoms with Crippen molar-refractivity contribution in [2.75, 3.05) is 40.4 Å². The number of hydrogen-bond donors (Lipinski definition) is 0. The van der Waals surface area contributed by atoms with E-state index in [0.717, 1.165) is 46.7 Å². The van der Waals surface area contributed by atoms with Gasteiger partial charge >= 0.3 is 0 Å². The molecular formula is C24H32N4O3S. The van der Waals surface area contributed by atoms with E-state index >= 15 is 0 Å². The summed E-state index contributed by atoms with van der Waals surface area (Å²) in [5, 5.41) is 4.94. The van der Waals surface area contributed by atoms with Crippen molar-refractivity contribution in [3.8, 4) is 11.3 Å². The summed E-state index contributed by atoms with van der Waals surface area (Å²) < 4.78 is 20.9. The van der Waals surface area contributed by atoms with Gasteiger partial charge in [-0.25, -0.2) is 0 Å². The van der Waals surface area contributed by atoms with Gasteiger partial charge in [0.1, 0.15) is 0 Å². The number of hydrogen-bond acceptors (Lipinski definition) is 5. The number of rotatable bonds is 4. The van der Waals surface area contributed by atoms with Crippen LogP contribution in [0.5, 0.6) is 0 Å². The average molecular weight is 457 g/mol. The van der Waals surface area contributed by atoms with Crippen LogP contribution in [-0.2, 0) is 27.8 Å². The van der Waals surface area contributed by atoms with Gasteiger partial charge in [0, 0.05) is 35.7 Å². The molecular weight excluding hydrogens is 424 g/mol. The number of morpholine rings is 1. The molecule has 7 nitrogen and oxygen atoms in total. The van der Waals surface area contributed by atoms with Crippen LogP contribution in [-0.4, -0.2) is 70.1 Å². The van der Waals surface area contributed by atoms with Gasteiger partial charge in [-0.15, -0.1) is 0 Å². The number of fused-ring (bicyclic) bond motifs is 3. The summed E-state index contributed by atoms with van der Waals surface area (Å²) in [6.07, 6.45) is 5.79. The molecule has 1 saturated carbocycles. The van der Waals surface area contributed by atoms with E-state index < -0.39 is 10.8 Å². The SMILES string of the molecule is CN(C)Cc1ccc2c(c1)S(=O)Cc1c(C(=O)N3CCOCC3)nn(C3CCCCC3)c1-2. The zero-order valence-electron chi connectivity index (χ0n) is 19.0. The highest BCUT2D eigenvalue weighted by Crippen LogP contribution is 2.42. The molecule has 3 heterocycles. The van der Waals surface area contributed by atoms with Gasteiger partial charge in [0.25, 0.3) is 5.91 Å². The van der Waals surface area contributed by atoms with Gasteiger partial charge in [-0.1, -0.05) is 31.4 Å². The molecule has 0 N–H and O–H groups in total. The van der Waals surface area contributed by atoms with Crippen LogP contribution >= 0.6 is 0 Å². The lowest BCUT2D eigenvalue weighted by Crippen LogP contribution is -2.41. The normalized spacial score (nSPS) is 21.5. The summed E-state index contributed by atoms with van der Waals surface area (Å²) >= 11 is 0. The van der Waals surface area contributed by atoms with E-state index in [9.17, 15) is 9.00 Å². The largest absolute Gasteiger partial charge is 0.378 e. The lowest BCUT2D eigenvalue weighted by Gasteiger charge is -2.27. The zero-order valence-corrected chi connectivity index (χ0v) is 19.8. The minimum Gasteiger partial charge on any atom is -0.378 e. The monoisotopic (exact) mass is 456 g/mol. The second-order valence-electron chi connectivity index (χ2n) is 9.37. The molecule has 0 bridgehead atoms. The molecule has 1 saturated heterocycles. The molecule has 1 unspecified atom stereocenters. The Labute approximate surface area is 192 Å². The maximum Gasteiger partial charge on any atom is 0.274 e. The molecule has 1 aromatic heterocycles. The lowest BCUT2D eigenvalue weighted by atomic mass is 9.94. The number of carbonyl (C=O) groups excluding carboxylic acids is 1. The number of ether oxygens (including phenoxy) is 1. The fraction of sp³-hybridized carbons (Fsp3) is 0.583. The molecule has 1 aromatic carbocycles. The topological polar surface area (TPSA) is 67.7 Å². The van der Waals surface area contributed by atoms with Crippen LogP contribution in [0.2, 0.25) is 0 Å². The fourth-order valence-electron chi connectivity index (χ4n) is 5.19. The van der Waals surface area contributed by atoms with Crippen molar-refractivity contribution in [2.24, 2.45) is 0 Å². The van der Waals surface area contributed by atoms with Crippen LogP contribution in [0.25, 0.3) is 11.3 Å². The Morgan fingerprint density at radius 2 is 1.94 bits per heavy atom. The highest BCUT2D eigenvalue weighted by atomic mass is 32.2. The molecule has 1 aliphatic carbocycles. The van der Waals surface area contributed by atoms with E-state index in [-0.39, 0.29) is 5.91 Å². The van der Waals surface area contributed by atoms with Crippen LogP contribution < -0.4 is 0 Å². The average Bonchev–Trinajstić information content (AvgIpc) is 3.19. The van der Waals surface area contributed by atoms with Gasteiger partial charge in [0.2, 0.25) is 0 Å². The van der Waals surface area contributed by atoms with Gasteiger partial charge in [0.15, 0.2) is 5.69 Å². The number of benzene rings is 1. The summed E-state index contributed by atoms with van der Waals surface area (Å²) in [4.78, 5) is 18.3. The van der Waals surface area contributed by atoms with Crippen molar-refractivity contribution < 1.29 is 13.7 Å². The summed E-state index contributed by atoms with van der Waals surface area (Å²) in [6, 6.07) is 6.58. The molecule has 1 amide bonds. The third-order valence-electron chi connectivity index (χ3n) is 6.75. The number of carbonyl (C=O) groups is 1. The van der Waals surface area contributed by atoms with E-state index in [4.69, 9.17) is 9.84 Å². The molecule has 3 aliphatic rings. The Bertz CT molecular complexity index is 1040. The standard InChI is InChI=1S/C24H32N4O3S/c1-26(2)15-17-8-9-19-21(14-17)32(30)16-20-22(24(29)27-10-12-31-13-11-27)25-28(23(19)20)18-6-4-3-5-7-18/h8-9,14,18H,3-7,10-13,15-16H2,1-2H3. The van der Waals surface area contributed by atoms with Gasteiger partial charge in [-0.2, -0.15) is 5.10 Å². The molecule has 2 aliphatic heterocycles. The summed E-state index contributed by atoms with van der Waals surface area (Å²) in [6.45, 7) is 3.08. The predicted molar refractivity (Wildman–Crippen MR) is 124 cm³/mol. The summed E-state index contributed by atoms with van der Waals surface area (Å²) in [5.41, 5.74) is 4.49.